The van der Waals surface area contributed by atoms with E-state index in [1.54, 1.807) is 0 Å². The second-order valence-corrected chi connectivity index (χ2v) is 4.46. The van der Waals surface area contributed by atoms with Crippen molar-refractivity contribution < 1.29 is 0 Å². The van der Waals surface area contributed by atoms with Crippen molar-refractivity contribution in [2.75, 3.05) is 5.45 Å². The Morgan fingerprint density at radius 3 is 2.64 bits per heavy atom. The number of rotatable bonds is 4. The van der Waals surface area contributed by atoms with Gasteiger partial charge in [-0.1, -0.05) is 48.0 Å². The second kappa shape index (κ2) is 5.52. The quantitative estimate of drug-likeness (QED) is 0.641. The molecule has 0 atom stereocenters. The molecule has 1 aromatic carbocycles. The number of hydrogen-bond donors (Lipinski definition) is 1. The zero-order chi connectivity index (χ0) is 10.6. The lowest BCUT2D eigenvalue weighted by Crippen LogP contribution is -2.11. The van der Waals surface area contributed by atoms with E-state index in [0.717, 1.165) is 12.0 Å². The Hall–Kier alpha value is -0.340. The van der Waals surface area contributed by atoms with Gasteiger partial charge in [0.2, 0.25) is 0 Å². The zero-order valence-electron chi connectivity index (χ0n) is 9.10. The first-order chi connectivity index (χ1) is 6.65. The molecule has 0 saturated heterocycles. The molecule has 0 amide bonds. The Balaban J connectivity index is 2.85. The number of aryl methyl sites for hydroxylation is 1. The van der Waals surface area contributed by atoms with Crippen molar-refractivity contribution in [2.45, 2.75) is 33.2 Å². The molecule has 0 unspecified atom stereocenters. The number of nitrogens with one attached hydrogen (secondary N) is 1. The monoisotopic (exact) mass is 255 g/mol. The van der Waals surface area contributed by atoms with E-state index in [4.69, 9.17) is 0 Å². The number of alkyl halides is 1. The van der Waals surface area contributed by atoms with Gasteiger partial charge in [-0.25, -0.2) is 0 Å². The Labute approximate surface area is 95.0 Å². The van der Waals surface area contributed by atoms with Crippen LogP contribution in [0.4, 0.5) is 0 Å². The highest BCUT2D eigenvalue weighted by Crippen LogP contribution is 2.18. The molecule has 0 radical (unpaired) electrons. The summed E-state index contributed by atoms with van der Waals surface area (Å²) in [6, 6.07) is 6.73. The minimum absolute atomic E-state index is 0.610. The molecule has 0 aromatic heterocycles. The molecule has 0 aliphatic heterocycles. The predicted octanol–water partition coefficient (Wildman–Crippen LogP) is 3.56. The molecule has 0 heterocycles. The van der Waals surface area contributed by atoms with Crippen LogP contribution in [0.5, 0.6) is 0 Å². The van der Waals surface area contributed by atoms with Gasteiger partial charge in [-0.3, -0.25) is 0 Å². The van der Waals surface area contributed by atoms with E-state index >= 15 is 0 Å². The van der Waals surface area contributed by atoms with Gasteiger partial charge in [0.05, 0.1) is 5.45 Å². The van der Waals surface area contributed by atoms with E-state index in [2.05, 4.69) is 60.2 Å². The highest BCUT2D eigenvalue weighted by molar-refractivity contribution is 9.09. The van der Waals surface area contributed by atoms with Crippen molar-refractivity contribution in [3.05, 3.63) is 34.9 Å². The third kappa shape index (κ3) is 3.10. The lowest BCUT2D eigenvalue weighted by atomic mass is 9.98. The average molecular weight is 256 g/mol. The first-order valence-corrected chi connectivity index (χ1v) is 6.13. The molecule has 0 saturated carbocycles. The number of halogens is 1. The van der Waals surface area contributed by atoms with Crippen molar-refractivity contribution in [3.8, 4) is 0 Å². The molecule has 1 rings (SSSR count). The van der Waals surface area contributed by atoms with Crippen LogP contribution >= 0.6 is 15.9 Å². The van der Waals surface area contributed by atoms with Crippen LogP contribution in [0, 0.1) is 6.92 Å². The molecule has 78 valence electrons. The van der Waals surface area contributed by atoms with E-state index < -0.39 is 0 Å². The van der Waals surface area contributed by atoms with E-state index in [0.29, 0.717) is 5.92 Å². The fraction of sp³-hybridized carbons (Fsp3) is 0.500. The molecule has 0 aliphatic carbocycles. The summed E-state index contributed by atoms with van der Waals surface area (Å²) in [4.78, 5) is 0. The van der Waals surface area contributed by atoms with E-state index in [-0.39, 0.29) is 0 Å². The van der Waals surface area contributed by atoms with Gasteiger partial charge in [0.15, 0.2) is 0 Å². The molecule has 1 aromatic rings. The highest BCUT2D eigenvalue weighted by atomic mass is 79.9. The largest absolute Gasteiger partial charge is 0.303 e. The van der Waals surface area contributed by atoms with E-state index in [1.165, 1.54) is 16.7 Å². The number of benzene rings is 1. The van der Waals surface area contributed by atoms with Crippen molar-refractivity contribution >= 4 is 15.9 Å². The van der Waals surface area contributed by atoms with Crippen LogP contribution < -0.4 is 5.32 Å². The van der Waals surface area contributed by atoms with Crippen LogP contribution in [0.2, 0.25) is 0 Å². The van der Waals surface area contributed by atoms with Gasteiger partial charge in [0, 0.05) is 6.54 Å². The van der Waals surface area contributed by atoms with E-state index in [9.17, 15) is 0 Å². The fourth-order valence-electron chi connectivity index (χ4n) is 1.42. The molecule has 1 N–H and O–H groups in total. The van der Waals surface area contributed by atoms with Crippen LogP contribution in [-0.4, -0.2) is 5.45 Å². The summed E-state index contributed by atoms with van der Waals surface area (Å²) in [6.45, 7) is 7.56. The highest BCUT2D eigenvalue weighted by Gasteiger charge is 2.02. The molecule has 2 heteroatoms. The van der Waals surface area contributed by atoms with Crippen LogP contribution in [0.3, 0.4) is 0 Å². The van der Waals surface area contributed by atoms with Gasteiger partial charge in [0.1, 0.15) is 0 Å². The molecule has 0 aliphatic rings. The summed E-state index contributed by atoms with van der Waals surface area (Å²) in [7, 11) is 0. The lowest BCUT2D eigenvalue weighted by molar-refractivity contribution is 0.788. The summed E-state index contributed by atoms with van der Waals surface area (Å²) in [6.07, 6.45) is 0. The standard InChI is InChI=1S/C12H18BrN/c1-9(2)11-5-4-10(3)12(6-11)7-14-8-13/h4-6,9,14H,7-8H2,1-3H3. The zero-order valence-corrected chi connectivity index (χ0v) is 10.7. The smallest absolute Gasteiger partial charge is 0.0519 e. The minimum atomic E-state index is 0.610. The van der Waals surface area contributed by atoms with Crippen LogP contribution in [0.1, 0.15) is 36.5 Å². The minimum Gasteiger partial charge on any atom is -0.303 e. The molecule has 1 nitrogen and oxygen atoms in total. The Morgan fingerprint density at radius 1 is 1.36 bits per heavy atom. The topological polar surface area (TPSA) is 12.0 Å². The van der Waals surface area contributed by atoms with Gasteiger partial charge < -0.3 is 5.32 Å². The Kier molecular flexibility index (Phi) is 4.63. The van der Waals surface area contributed by atoms with Crippen molar-refractivity contribution in [1.29, 1.82) is 0 Å². The number of hydrogen-bond acceptors (Lipinski definition) is 1. The molecule has 14 heavy (non-hydrogen) atoms. The van der Waals surface area contributed by atoms with E-state index in [1.807, 2.05) is 0 Å². The summed E-state index contributed by atoms with van der Waals surface area (Å²) >= 11 is 3.37. The third-order valence-electron chi connectivity index (χ3n) is 2.45. The van der Waals surface area contributed by atoms with Crippen LogP contribution in [0.15, 0.2) is 18.2 Å². The average Bonchev–Trinajstić information content (AvgIpc) is 2.16. The van der Waals surface area contributed by atoms with Crippen LogP contribution in [0.25, 0.3) is 0 Å². The van der Waals surface area contributed by atoms with Crippen molar-refractivity contribution in [3.63, 3.8) is 0 Å². The first kappa shape index (κ1) is 11.7. The normalized spacial score (nSPS) is 10.9. The molecule has 0 spiro atoms. The van der Waals surface area contributed by atoms with Gasteiger partial charge >= 0.3 is 0 Å². The van der Waals surface area contributed by atoms with Crippen molar-refractivity contribution in [2.24, 2.45) is 0 Å². The summed E-state index contributed by atoms with van der Waals surface area (Å²) < 4.78 is 0. The molecule has 0 bridgehead atoms. The third-order valence-corrected chi connectivity index (χ3v) is 2.85. The fourth-order valence-corrected chi connectivity index (χ4v) is 1.62. The van der Waals surface area contributed by atoms with Gasteiger partial charge in [-0.05, 0) is 29.5 Å². The van der Waals surface area contributed by atoms with Gasteiger partial charge in [-0.2, -0.15) is 0 Å². The maximum atomic E-state index is 3.37. The molecular formula is C12H18BrN. The van der Waals surface area contributed by atoms with Crippen molar-refractivity contribution in [1.82, 2.24) is 5.32 Å². The first-order valence-electron chi connectivity index (χ1n) is 5.01. The molecule has 0 fully saturated rings. The summed E-state index contributed by atoms with van der Waals surface area (Å²) in [5.74, 6) is 0.610. The second-order valence-electron chi connectivity index (χ2n) is 3.90. The molecular weight excluding hydrogens is 238 g/mol. The van der Waals surface area contributed by atoms with Crippen LogP contribution in [-0.2, 0) is 6.54 Å². The van der Waals surface area contributed by atoms with Gasteiger partial charge in [0.25, 0.3) is 0 Å². The maximum Gasteiger partial charge on any atom is 0.0519 e. The lowest BCUT2D eigenvalue weighted by Gasteiger charge is -2.11. The maximum absolute atomic E-state index is 3.37. The Morgan fingerprint density at radius 2 is 2.07 bits per heavy atom. The summed E-state index contributed by atoms with van der Waals surface area (Å²) in [5, 5.41) is 3.29. The SMILES string of the molecule is Cc1ccc(C(C)C)cc1CNCBr. The Bertz CT molecular complexity index is 294. The van der Waals surface area contributed by atoms with Gasteiger partial charge in [-0.15, -0.1) is 0 Å². The summed E-state index contributed by atoms with van der Waals surface area (Å²) in [5.41, 5.74) is 5.03. The predicted molar refractivity (Wildman–Crippen MR) is 65.9 cm³/mol.